The number of nitrogens with zero attached hydrogens (tertiary/aromatic N) is 5. The molecule has 8 nitrogen and oxygen atoms in total. The van der Waals surface area contributed by atoms with Crippen molar-refractivity contribution in [2.45, 2.75) is 43.7 Å². The molecule has 0 aliphatic carbocycles. The van der Waals surface area contributed by atoms with Crippen molar-refractivity contribution >= 4 is 45.8 Å². The average molecular weight is 556 g/mol. The number of rotatable bonds is 8. The smallest absolute Gasteiger partial charge is 0.276 e. The molecule has 2 aromatic carbocycles. The molecule has 0 saturated carbocycles. The van der Waals surface area contributed by atoms with E-state index in [0.29, 0.717) is 23.3 Å². The highest BCUT2D eigenvalue weighted by Crippen LogP contribution is 2.36. The van der Waals surface area contributed by atoms with Crippen LogP contribution in [0.3, 0.4) is 0 Å². The fourth-order valence-electron chi connectivity index (χ4n) is 5.84. The monoisotopic (exact) mass is 555 g/mol. The van der Waals surface area contributed by atoms with Crippen LogP contribution >= 0.6 is 11.8 Å². The first-order valence-electron chi connectivity index (χ1n) is 14.2. The van der Waals surface area contributed by atoms with E-state index in [1.165, 1.54) is 10.5 Å². The van der Waals surface area contributed by atoms with Crippen molar-refractivity contribution < 1.29 is 0 Å². The van der Waals surface area contributed by atoms with Crippen LogP contribution in [0, 0.1) is 0 Å². The molecule has 40 heavy (non-hydrogen) atoms. The van der Waals surface area contributed by atoms with Gasteiger partial charge in [-0.3, -0.25) is 9.36 Å². The Morgan fingerprint density at radius 1 is 1.07 bits per heavy atom. The van der Waals surface area contributed by atoms with Crippen molar-refractivity contribution in [2.75, 3.05) is 54.5 Å². The Labute approximate surface area is 239 Å². The normalized spacial score (nSPS) is 19.0. The molecule has 2 N–H and O–H groups in total. The van der Waals surface area contributed by atoms with Crippen LogP contribution in [0.15, 0.2) is 70.5 Å². The van der Waals surface area contributed by atoms with Crippen molar-refractivity contribution in [1.82, 2.24) is 19.4 Å². The molecule has 0 amide bonds. The lowest BCUT2D eigenvalue weighted by atomic mass is 10.1. The van der Waals surface area contributed by atoms with E-state index in [0.717, 1.165) is 61.5 Å². The van der Waals surface area contributed by atoms with Gasteiger partial charge in [-0.2, -0.15) is 4.98 Å². The molecule has 0 spiro atoms. The van der Waals surface area contributed by atoms with Crippen molar-refractivity contribution in [1.29, 1.82) is 0 Å². The van der Waals surface area contributed by atoms with Crippen molar-refractivity contribution in [2.24, 2.45) is 0 Å². The third kappa shape index (κ3) is 5.40. The lowest BCUT2D eigenvalue weighted by molar-refractivity contribution is 0.414. The Morgan fingerprint density at radius 3 is 2.60 bits per heavy atom. The maximum Gasteiger partial charge on any atom is 0.276 e. The summed E-state index contributed by atoms with van der Waals surface area (Å²) in [5, 5.41) is 7.85. The van der Waals surface area contributed by atoms with E-state index >= 15 is 0 Å². The minimum absolute atomic E-state index is 0.00755. The van der Waals surface area contributed by atoms with E-state index in [9.17, 15) is 4.79 Å². The number of anilines is 4. The predicted octanol–water partition coefficient (Wildman–Crippen LogP) is 5.39. The molecule has 1 fully saturated rings. The van der Waals surface area contributed by atoms with E-state index in [-0.39, 0.29) is 11.6 Å². The quantitative estimate of drug-likeness (QED) is 0.300. The summed E-state index contributed by atoms with van der Waals surface area (Å²) >= 11 is 1.81. The summed E-state index contributed by atoms with van der Waals surface area (Å²) in [6, 6.07) is 19.2. The molecule has 208 valence electrons. The first kappa shape index (κ1) is 26.7. The number of pyridine rings is 1. The van der Waals surface area contributed by atoms with Gasteiger partial charge >= 0.3 is 0 Å². The molecular weight excluding hydrogens is 518 g/mol. The summed E-state index contributed by atoms with van der Waals surface area (Å²) in [7, 11) is 2.16. The number of benzene rings is 2. The van der Waals surface area contributed by atoms with Crippen LogP contribution < -0.4 is 21.1 Å². The second-order valence-electron chi connectivity index (χ2n) is 10.7. The molecule has 4 aromatic rings. The molecule has 9 heteroatoms. The number of likely N-dealkylation sites (tertiary alicyclic amines) is 1. The largest absolute Gasteiger partial charge is 0.381 e. The summed E-state index contributed by atoms with van der Waals surface area (Å²) < 4.78 is 1.92. The van der Waals surface area contributed by atoms with Crippen molar-refractivity contribution in [3.05, 3.63) is 76.7 Å². The van der Waals surface area contributed by atoms with Crippen molar-refractivity contribution in [3.63, 3.8) is 0 Å². The molecule has 0 bridgehead atoms. The standard InChI is InChI=1S/C31H37N7OS/c1-4-37(5-2)27-17-22-18-32-31(34-24-12-10-23(11-13-24)33-25-14-15-36(3)19-25)35-29(22)38(30(27)39)26-16-21-8-6-7-9-28(21)40-20-26/h6-13,17-18,25-26,33H,4-5,14-16,19-20H2,1-3H3,(H,32,34,35). The van der Waals surface area contributed by atoms with Gasteiger partial charge in [-0.15, -0.1) is 11.8 Å². The highest BCUT2D eigenvalue weighted by atomic mass is 32.2. The number of aromatic nitrogens is 3. The van der Waals surface area contributed by atoms with Crippen LogP contribution in [-0.4, -0.2) is 64.5 Å². The molecule has 4 heterocycles. The zero-order valence-corrected chi connectivity index (χ0v) is 24.2. The van der Waals surface area contributed by atoms with E-state index in [4.69, 9.17) is 4.98 Å². The molecule has 1 saturated heterocycles. The van der Waals surface area contributed by atoms with E-state index in [1.807, 2.05) is 40.7 Å². The second kappa shape index (κ2) is 11.5. The number of hydrogen-bond acceptors (Lipinski definition) is 8. The molecular formula is C31H37N7OS. The highest BCUT2D eigenvalue weighted by molar-refractivity contribution is 7.99. The predicted molar refractivity (Wildman–Crippen MR) is 167 cm³/mol. The van der Waals surface area contributed by atoms with Gasteiger partial charge < -0.3 is 20.4 Å². The van der Waals surface area contributed by atoms with Crippen LogP contribution in [-0.2, 0) is 6.42 Å². The SMILES string of the molecule is CCN(CC)c1cc2cnc(Nc3ccc(NC4CCN(C)C4)cc3)nc2n(C2CSc3ccccc3C2)c1=O. The summed E-state index contributed by atoms with van der Waals surface area (Å²) in [6.07, 6.45) is 3.80. The van der Waals surface area contributed by atoms with Crippen LogP contribution in [0.4, 0.5) is 23.0 Å². The number of likely N-dealkylation sites (N-methyl/N-ethyl adjacent to an activating group) is 1. The number of hydrogen-bond donors (Lipinski definition) is 2. The van der Waals surface area contributed by atoms with Gasteiger partial charge in [-0.05, 0) is 82.2 Å². The van der Waals surface area contributed by atoms with Crippen LogP contribution in [0.5, 0.6) is 0 Å². The average Bonchev–Trinajstić information content (AvgIpc) is 3.39. The minimum Gasteiger partial charge on any atom is -0.381 e. The Hall–Kier alpha value is -3.56. The zero-order chi connectivity index (χ0) is 27.6. The first-order valence-corrected chi connectivity index (χ1v) is 15.2. The van der Waals surface area contributed by atoms with Gasteiger partial charge in [-0.25, -0.2) is 4.98 Å². The number of thioether (sulfide) groups is 1. The summed E-state index contributed by atoms with van der Waals surface area (Å²) in [6.45, 7) is 7.89. The van der Waals surface area contributed by atoms with Gasteiger partial charge in [0.2, 0.25) is 5.95 Å². The molecule has 0 radical (unpaired) electrons. The summed E-state index contributed by atoms with van der Waals surface area (Å²) in [5.41, 5.74) is 4.69. The number of nitrogens with one attached hydrogen (secondary N) is 2. The molecule has 2 aliphatic rings. The van der Waals surface area contributed by atoms with Gasteiger partial charge in [-0.1, -0.05) is 18.2 Å². The third-order valence-corrected chi connectivity index (χ3v) is 9.25. The fourth-order valence-corrected chi connectivity index (χ4v) is 6.99. The van der Waals surface area contributed by atoms with Gasteiger partial charge in [0, 0.05) is 59.3 Å². The maximum atomic E-state index is 14.0. The first-order chi connectivity index (χ1) is 19.5. The molecule has 2 aromatic heterocycles. The Bertz CT molecular complexity index is 1550. The molecule has 2 unspecified atom stereocenters. The number of fused-ring (bicyclic) bond motifs is 2. The van der Waals surface area contributed by atoms with Crippen LogP contribution in [0.2, 0.25) is 0 Å². The Kier molecular flexibility index (Phi) is 7.67. The zero-order valence-electron chi connectivity index (χ0n) is 23.4. The summed E-state index contributed by atoms with van der Waals surface area (Å²) in [4.78, 5) is 29.4. The molecule has 6 rings (SSSR count). The third-order valence-electron chi connectivity index (χ3n) is 7.99. The molecule has 2 atom stereocenters. The fraction of sp³-hybridized carbons (Fsp3) is 0.387. The van der Waals surface area contributed by atoms with Gasteiger partial charge in [0.15, 0.2) is 0 Å². The lowest BCUT2D eigenvalue weighted by Crippen LogP contribution is -2.36. The van der Waals surface area contributed by atoms with Gasteiger partial charge in [0.1, 0.15) is 11.3 Å². The topological polar surface area (TPSA) is 78.3 Å². The Balaban J connectivity index is 1.33. The van der Waals surface area contributed by atoms with E-state index < -0.39 is 0 Å². The Morgan fingerprint density at radius 2 is 1.85 bits per heavy atom. The van der Waals surface area contributed by atoms with E-state index in [2.05, 4.69) is 82.7 Å². The second-order valence-corrected chi connectivity index (χ2v) is 11.8. The highest BCUT2D eigenvalue weighted by Gasteiger charge is 2.26. The minimum atomic E-state index is 0.00755. The molecule has 2 aliphatic heterocycles. The summed E-state index contributed by atoms with van der Waals surface area (Å²) in [5.74, 6) is 1.31. The van der Waals surface area contributed by atoms with Crippen LogP contribution in [0.25, 0.3) is 11.0 Å². The lowest BCUT2D eigenvalue weighted by Gasteiger charge is -2.29. The van der Waals surface area contributed by atoms with E-state index in [1.54, 1.807) is 0 Å². The van der Waals surface area contributed by atoms with Crippen LogP contribution in [0.1, 0.15) is 31.9 Å². The maximum absolute atomic E-state index is 14.0. The van der Waals surface area contributed by atoms with Gasteiger partial charge in [0.05, 0.1) is 6.04 Å². The van der Waals surface area contributed by atoms with Gasteiger partial charge in [0.25, 0.3) is 5.56 Å². The van der Waals surface area contributed by atoms with Crippen molar-refractivity contribution in [3.8, 4) is 0 Å².